The van der Waals surface area contributed by atoms with E-state index in [1.54, 1.807) is 18.2 Å². The van der Waals surface area contributed by atoms with Gasteiger partial charge in [-0.05, 0) is 29.7 Å². The molecule has 11 heteroatoms. The van der Waals surface area contributed by atoms with Crippen molar-refractivity contribution in [3.8, 4) is 11.5 Å². The van der Waals surface area contributed by atoms with E-state index in [0.29, 0.717) is 23.5 Å². The molecule has 35 heavy (non-hydrogen) atoms. The minimum Gasteiger partial charge on any atom is -0.493 e. The molecule has 0 fully saturated rings. The number of nitrogens with one attached hydrogen (secondary N) is 2. The molecule has 1 aliphatic heterocycles. The third kappa shape index (κ3) is 5.17. The fraction of sp³-hybridized carbons (Fsp3) is 0.333. The lowest BCUT2D eigenvalue weighted by Gasteiger charge is -2.33. The van der Waals surface area contributed by atoms with Gasteiger partial charge in [-0.3, -0.25) is 4.79 Å². The predicted octanol–water partition coefficient (Wildman–Crippen LogP) is 5.19. The van der Waals surface area contributed by atoms with Crippen LogP contribution in [0.4, 0.5) is 19.0 Å². The number of anilines is 1. The predicted molar refractivity (Wildman–Crippen MR) is 125 cm³/mol. The topological polar surface area (TPSA) is 77.4 Å². The molecule has 3 aromatic rings. The number of nitrogens with zero attached hydrogens (tertiary/aromatic N) is 2. The van der Waals surface area contributed by atoms with Crippen molar-refractivity contribution < 1.29 is 27.4 Å². The molecule has 0 unspecified atom stereocenters. The molecule has 0 spiro atoms. The number of hydrogen-bond acceptors (Lipinski definition) is 5. The van der Waals surface area contributed by atoms with Crippen molar-refractivity contribution in [3.05, 3.63) is 70.4 Å². The lowest BCUT2D eigenvalue weighted by Crippen LogP contribution is -2.36. The molecule has 0 saturated heterocycles. The standard InChI is InChI=1S/C24H24ClF3N4O3/c1-34-17-9-8-15(12-18(17)35-2)16-13-19(24(26,27)28)32-22(30-16)20(25)21(31-32)23(33)29-11-10-14-6-4-3-5-7-14/h3-9,12,16,19,30H,10-11,13H2,1-2H3,(H,29,33)/t16-,19+/m1/s1. The number of alkyl halides is 3. The van der Waals surface area contributed by atoms with Gasteiger partial charge in [0, 0.05) is 13.0 Å². The number of methoxy groups -OCH3 is 2. The third-order valence-corrected chi connectivity index (χ3v) is 6.22. The molecule has 2 heterocycles. The number of rotatable bonds is 7. The van der Waals surface area contributed by atoms with Crippen molar-refractivity contribution in [2.24, 2.45) is 0 Å². The molecule has 2 aromatic carbocycles. The SMILES string of the molecule is COc1ccc([C@H]2C[C@@H](C(F)(F)F)n3nc(C(=O)NCCc4ccccc4)c(Cl)c3N2)cc1OC. The Kier molecular flexibility index (Phi) is 7.11. The van der Waals surface area contributed by atoms with Gasteiger partial charge >= 0.3 is 6.18 Å². The van der Waals surface area contributed by atoms with Crippen LogP contribution in [-0.2, 0) is 6.42 Å². The van der Waals surface area contributed by atoms with Crippen LogP contribution in [0.15, 0.2) is 48.5 Å². The molecule has 7 nitrogen and oxygen atoms in total. The summed E-state index contributed by atoms with van der Waals surface area (Å²) in [5.74, 6) is 0.141. The van der Waals surface area contributed by atoms with Gasteiger partial charge in [0.2, 0.25) is 0 Å². The van der Waals surface area contributed by atoms with Crippen LogP contribution >= 0.6 is 11.6 Å². The Hall–Kier alpha value is -3.40. The molecule has 1 aliphatic rings. The number of hydrogen-bond donors (Lipinski definition) is 2. The first-order chi connectivity index (χ1) is 16.7. The monoisotopic (exact) mass is 508 g/mol. The van der Waals surface area contributed by atoms with Gasteiger partial charge in [-0.1, -0.05) is 48.0 Å². The molecule has 0 radical (unpaired) electrons. The highest BCUT2D eigenvalue weighted by Crippen LogP contribution is 2.47. The van der Waals surface area contributed by atoms with E-state index in [0.717, 1.165) is 10.2 Å². The average molecular weight is 509 g/mol. The van der Waals surface area contributed by atoms with Gasteiger partial charge in [0.15, 0.2) is 23.2 Å². The van der Waals surface area contributed by atoms with Crippen molar-refractivity contribution in [2.75, 3.05) is 26.1 Å². The summed E-state index contributed by atoms with van der Waals surface area (Å²) in [7, 11) is 2.92. The Morgan fingerprint density at radius 3 is 2.54 bits per heavy atom. The third-order valence-electron chi connectivity index (χ3n) is 5.86. The summed E-state index contributed by atoms with van der Waals surface area (Å²) in [5, 5.41) is 9.50. The summed E-state index contributed by atoms with van der Waals surface area (Å²) in [5.41, 5.74) is 1.30. The lowest BCUT2D eigenvalue weighted by atomic mass is 9.96. The normalized spacial score (nSPS) is 17.3. The Labute approximate surface area is 205 Å². The van der Waals surface area contributed by atoms with E-state index >= 15 is 0 Å². The molecule has 1 aromatic heterocycles. The minimum atomic E-state index is -4.61. The summed E-state index contributed by atoms with van der Waals surface area (Å²) in [6, 6.07) is 11.7. The molecule has 0 aliphatic carbocycles. The highest BCUT2D eigenvalue weighted by molar-refractivity contribution is 6.36. The summed E-state index contributed by atoms with van der Waals surface area (Å²) >= 11 is 6.39. The van der Waals surface area contributed by atoms with Crippen LogP contribution in [0.3, 0.4) is 0 Å². The lowest BCUT2D eigenvalue weighted by molar-refractivity contribution is -0.173. The number of benzene rings is 2. The molecule has 1 amide bonds. The zero-order chi connectivity index (χ0) is 25.2. The maximum absolute atomic E-state index is 14.0. The summed E-state index contributed by atoms with van der Waals surface area (Å²) < 4.78 is 53.3. The van der Waals surface area contributed by atoms with E-state index in [1.807, 2.05) is 30.3 Å². The zero-order valence-electron chi connectivity index (χ0n) is 19.0. The number of carbonyl (C=O) groups is 1. The minimum absolute atomic E-state index is 0.0618. The van der Waals surface area contributed by atoms with Gasteiger partial charge in [-0.15, -0.1) is 0 Å². The summed E-state index contributed by atoms with van der Waals surface area (Å²) in [6.07, 6.45) is -4.40. The fourth-order valence-electron chi connectivity index (χ4n) is 4.07. The van der Waals surface area contributed by atoms with Crippen LogP contribution in [0, 0.1) is 0 Å². The Morgan fingerprint density at radius 2 is 1.89 bits per heavy atom. The molecule has 0 saturated carbocycles. The van der Waals surface area contributed by atoms with E-state index in [1.165, 1.54) is 14.2 Å². The fourth-order valence-corrected chi connectivity index (χ4v) is 4.34. The number of halogens is 4. The smallest absolute Gasteiger partial charge is 0.410 e. The largest absolute Gasteiger partial charge is 0.493 e. The Balaban J connectivity index is 1.60. The van der Waals surface area contributed by atoms with E-state index < -0.39 is 24.2 Å². The first-order valence-electron chi connectivity index (χ1n) is 10.9. The number of amides is 1. The molecule has 2 atom stereocenters. The van der Waals surface area contributed by atoms with Gasteiger partial charge in [-0.25, -0.2) is 4.68 Å². The summed E-state index contributed by atoms with van der Waals surface area (Å²) in [6.45, 7) is 0.283. The zero-order valence-corrected chi connectivity index (χ0v) is 19.8. The number of carbonyl (C=O) groups excluding carboxylic acids is 1. The highest BCUT2D eigenvalue weighted by atomic mass is 35.5. The first-order valence-corrected chi connectivity index (χ1v) is 11.3. The Bertz CT molecular complexity index is 1200. The Morgan fingerprint density at radius 1 is 1.17 bits per heavy atom. The van der Waals surface area contributed by atoms with Gasteiger partial charge in [0.1, 0.15) is 10.8 Å². The second kappa shape index (κ2) is 10.1. The van der Waals surface area contributed by atoms with Crippen LogP contribution in [0.2, 0.25) is 5.02 Å². The van der Waals surface area contributed by atoms with Gasteiger partial charge in [0.05, 0.1) is 20.3 Å². The maximum Gasteiger partial charge on any atom is 0.410 e. The molecule has 186 valence electrons. The highest BCUT2D eigenvalue weighted by Gasteiger charge is 2.48. The average Bonchev–Trinajstić information content (AvgIpc) is 3.19. The first kappa shape index (κ1) is 24.7. The quantitative estimate of drug-likeness (QED) is 0.459. The van der Waals surface area contributed by atoms with E-state index in [9.17, 15) is 18.0 Å². The van der Waals surface area contributed by atoms with E-state index in [2.05, 4.69) is 15.7 Å². The molecule has 0 bridgehead atoms. The molecular formula is C24H24ClF3N4O3. The van der Waals surface area contributed by atoms with Crippen LogP contribution in [0.1, 0.15) is 40.1 Å². The van der Waals surface area contributed by atoms with Crippen molar-refractivity contribution in [1.82, 2.24) is 15.1 Å². The van der Waals surface area contributed by atoms with Crippen molar-refractivity contribution in [3.63, 3.8) is 0 Å². The second-order valence-electron chi connectivity index (χ2n) is 8.05. The van der Waals surface area contributed by atoms with Crippen LogP contribution in [-0.4, -0.2) is 42.6 Å². The maximum atomic E-state index is 14.0. The van der Waals surface area contributed by atoms with Crippen LogP contribution in [0.5, 0.6) is 11.5 Å². The van der Waals surface area contributed by atoms with E-state index in [4.69, 9.17) is 21.1 Å². The van der Waals surface area contributed by atoms with Crippen molar-refractivity contribution >= 4 is 23.3 Å². The van der Waals surface area contributed by atoms with Crippen molar-refractivity contribution in [1.29, 1.82) is 0 Å². The van der Waals surface area contributed by atoms with E-state index in [-0.39, 0.29) is 29.5 Å². The van der Waals surface area contributed by atoms with Gasteiger partial charge < -0.3 is 20.1 Å². The van der Waals surface area contributed by atoms with Gasteiger partial charge in [-0.2, -0.15) is 18.3 Å². The summed E-state index contributed by atoms with van der Waals surface area (Å²) in [4.78, 5) is 12.7. The van der Waals surface area contributed by atoms with Gasteiger partial charge in [0.25, 0.3) is 5.91 Å². The number of ether oxygens (including phenoxy) is 2. The second-order valence-corrected chi connectivity index (χ2v) is 8.43. The molecule has 2 N–H and O–H groups in total. The number of aromatic nitrogens is 2. The molecular weight excluding hydrogens is 485 g/mol. The van der Waals surface area contributed by atoms with Crippen molar-refractivity contribution in [2.45, 2.75) is 31.1 Å². The molecule has 4 rings (SSSR count). The van der Waals surface area contributed by atoms with Crippen LogP contribution < -0.4 is 20.1 Å². The number of fused-ring (bicyclic) bond motifs is 1. The van der Waals surface area contributed by atoms with Crippen LogP contribution in [0.25, 0.3) is 0 Å².